The van der Waals surface area contributed by atoms with Gasteiger partial charge in [-0.1, -0.05) is 46.9 Å². The summed E-state index contributed by atoms with van der Waals surface area (Å²) in [4.78, 5) is 11.2. The van der Waals surface area contributed by atoms with Gasteiger partial charge < -0.3 is 0 Å². The van der Waals surface area contributed by atoms with Crippen LogP contribution in [0.15, 0.2) is 30.6 Å². The van der Waals surface area contributed by atoms with Crippen molar-refractivity contribution in [2.24, 2.45) is 0 Å². The van der Waals surface area contributed by atoms with Gasteiger partial charge in [0.15, 0.2) is 0 Å². The van der Waals surface area contributed by atoms with Crippen LogP contribution in [0.25, 0.3) is 11.1 Å². The maximum Gasteiger partial charge on any atom is 0.227 e. The quantitative estimate of drug-likeness (QED) is 0.740. The molecule has 2 nitrogen and oxygen atoms in total. The highest BCUT2D eigenvalue weighted by Gasteiger charge is 2.13. The third-order valence-corrected chi connectivity index (χ3v) is 3.50. The number of rotatable bonds is 1. The van der Waals surface area contributed by atoms with Gasteiger partial charge in [0.1, 0.15) is 0 Å². The number of hydrogen-bond donors (Lipinski definition) is 0. The highest BCUT2D eigenvalue weighted by atomic mass is 35.5. The van der Waals surface area contributed by atoms with Gasteiger partial charge >= 0.3 is 0 Å². The van der Waals surface area contributed by atoms with Gasteiger partial charge in [-0.15, -0.1) is 0 Å². The van der Waals surface area contributed by atoms with Crippen molar-refractivity contribution >= 4 is 40.7 Å². The molecular weight excluding hydrogens is 280 g/mol. The Labute approximate surface area is 114 Å². The number of carbonyl (C=O) groups is 1. The molecule has 0 aliphatic rings. The van der Waals surface area contributed by atoms with E-state index in [1.807, 2.05) is 0 Å². The molecule has 0 aliphatic heterocycles. The van der Waals surface area contributed by atoms with Crippen LogP contribution in [0.5, 0.6) is 0 Å². The van der Waals surface area contributed by atoms with Gasteiger partial charge in [0.25, 0.3) is 0 Å². The Morgan fingerprint density at radius 1 is 1.06 bits per heavy atom. The molecule has 1 aromatic carbocycles. The molecule has 0 saturated carbocycles. The van der Waals surface area contributed by atoms with E-state index in [0.717, 1.165) is 0 Å². The van der Waals surface area contributed by atoms with Crippen LogP contribution in [0.1, 0.15) is 11.7 Å². The van der Waals surface area contributed by atoms with Gasteiger partial charge in [0.2, 0.25) is 5.91 Å². The average Bonchev–Trinajstić information content (AvgIpc) is 2.65. The van der Waals surface area contributed by atoms with Crippen molar-refractivity contribution in [1.29, 1.82) is 0 Å². The molecule has 0 bridgehead atoms. The predicted octanol–water partition coefficient (Wildman–Crippen LogP) is 4.78. The van der Waals surface area contributed by atoms with Crippen LogP contribution in [-0.4, -0.2) is 10.5 Å². The first-order valence-electron chi connectivity index (χ1n) is 4.83. The van der Waals surface area contributed by atoms with E-state index in [9.17, 15) is 4.79 Å². The molecular formula is C12H8Cl3NO. The fraction of sp³-hybridized carbons (Fsp3) is 0.0833. The molecule has 88 valence electrons. The van der Waals surface area contributed by atoms with Gasteiger partial charge in [0, 0.05) is 30.4 Å². The highest BCUT2D eigenvalue weighted by molar-refractivity contribution is 6.44. The number of benzene rings is 1. The van der Waals surface area contributed by atoms with Crippen LogP contribution >= 0.6 is 34.8 Å². The van der Waals surface area contributed by atoms with Crippen LogP contribution in [-0.2, 0) is 0 Å². The van der Waals surface area contributed by atoms with Gasteiger partial charge in [-0.05, 0) is 6.07 Å². The van der Waals surface area contributed by atoms with E-state index < -0.39 is 0 Å². The van der Waals surface area contributed by atoms with Crippen molar-refractivity contribution in [3.63, 3.8) is 0 Å². The minimum Gasteiger partial charge on any atom is -0.293 e. The molecule has 0 fully saturated rings. The summed E-state index contributed by atoms with van der Waals surface area (Å²) >= 11 is 18.1. The van der Waals surface area contributed by atoms with Crippen molar-refractivity contribution in [1.82, 2.24) is 4.57 Å². The lowest BCUT2D eigenvalue weighted by atomic mass is 10.1. The smallest absolute Gasteiger partial charge is 0.227 e. The summed E-state index contributed by atoms with van der Waals surface area (Å²) < 4.78 is 1.41. The monoisotopic (exact) mass is 287 g/mol. The number of hydrogen-bond acceptors (Lipinski definition) is 1. The van der Waals surface area contributed by atoms with Crippen molar-refractivity contribution in [3.8, 4) is 11.1 Å². The topological polar surface area (TPSA) is 22.0 Å². The summed E-state index contributed by atoms with van der Waals surface area (Å²) in [6, 6.07) is 5.29. The second kappa shape index (κ2) is 4.73. The zero-order chi connectivity index (χ0) is 12.6. The maximum atomic E-state index is 11.2. The molecule has 5 heteroatoms. The number of halogens is 3. The summed E-state index contributed by atoms with van der Waals surface area (Å²) in [6.45, 7) is 1.46. The maximum absolute atomic E-state index is 11.2. The van der Waals surface area contributed by atoms with Gasteiger partial charge in [-0.2, -0.15) is 0 Å². The molecule has 0 spiro atoms. The minimum atomic E-state index is -0.115. The van der Waals surface area contributed by atoms with E-state index in [0.29, 0.717) is 26.2 Å². The summed E-state index contributed by atoms with van der Waals surface area (Å²) in [6.07, 6.45) is 3.19. The zero-order valence-electron chi connectivity index (χ0n) is 8.88. The third-order valence-electron chi connectivity index (χ3n) is 2.38. The second-order valence-electron chi connectivity index (χ2n) is 3.55. The molecule has 0 unspecified atom stereocenters. The van der Waals surface area contributed by atoms with E-state index in [2.05, 4.69) is 0 Å². The summed E-state index contributed by atoms with van der Waals surface area (Å²) in [7, 11) is 0. The lowest BCUT2D eigenvalue weighted by Crippen LogP contribution is -2.00. The molecule has 0 N–H and O–H groups in total. The minimum absolute atomic E-state index is 0.115. The Morgan fingerprint density at radius 3 is 2.35 bits per heavy atom. The summed E-state index contributed by atoms with van der Waals surface area (Å²) in [5.41, 5.74) is 1.40. The van der Waals surface area contributed by atoms with Gasteiger partial charge in [-0.25, -0.2) is 0 Å². The first-order chi connectivity index (χ1) is 8.00. The lowest BCUT2D eigenvalue weighted by Gasteiger charge is -2.03. The Hall–Kier alpha value is -0.960. The normalized spacial score (nSPS) is 10.6. The van der Waals surface area contributed by atoms with E-state index in [1.54, 1.807) is 30.6 Å². The molecule has 0 atom stereocenters. The third kappa shape index (κ3) is 2.34. The van der Waals surface area contributed by atoms with Crippen LogP contribution in [0.4, 0.5) is 0 Å². The first-order valence-corrected chi connectivity index (χ1v) is 5.97. The molecule has 2 aromatic rings. The highest BCUT2D eigenvalue weighted by Crippen LogP contribution is 2.37. The summed E-state index contributed by atoms with van der Waals surface area (Å²) in [5.74, 6) is -0.115. The van der Waals surface area contributed by atoms with E-state index in [4.69, 9.17) is 34.8 Å². The molecule has 0 radical (unpaired) electrons. The zero-order valence-corrected chi connectivity index (χ0v) is 11.1. The first kappa shape index (κ1) is 12.5. The van der Waals surface area contributed by atoms with E-state index in [-0.39, 0.29) is 5.91 Å². The van der Waals surface area contributed by atoms with Crippen molar-refractivity contribution in [2.75, 3.05) is 0 Å². The van der Waals surface area contributed by atoms with Crippen molar-refractivity contribution in [3.05, 3.63) is 45.7 Å². The number of carbonyl (C=O) groups excluding carboxylic acids is 1. The SMILES string of the molecule is CC(=O)n1cc(Cl)c(-c2cccc(Cl)c2Cl)c1. The van der Waals surface area contributed by atoms with Crippen LogP contribution in [0, 0.1) is 0 Å². The number of aromatic nitrogens is 1. The molecule has 2 rings (SSSR count). The van der Waals surface area contributed by atoms with E-state index in [1.165, 1.54) is 11.5 Å². The lowest BCUT2D eigenvalue weighted by molar-refractivity contribution is 0.0937. The molecule has 0 amide bonds. The fourth-order valence-corrected chi connectivity index (χ4v) is 2.18. The van der Waals surface area contributed by atoms with E-state index >= 15 is 0 Å². The Balaban J connectivity index is 2.60. The summed E-state index contributed by atoms with van der Waals surface area (Å²) in [5, 5.41) is 1.34. The predicted molar refractivity (Wildman–Crippen MR) is 71.2 cm³/mol. The van der Waals surface area contributed by atoms with Crippen LogP contribution in [0.2, 0.25) is 15.1 Å². The van der Waals surface area contributed by atoms with Crippen LogP contribution < -0.4 is 0 Å². The largest absolute Gasteiger partial charge is 0.293 e. The Kier molecular flexibility index (Phi) is 3.48. The standard InChI is InChI=1S/C12H8Cl3NO/c1-7(17)16-5-9(11(14)6-16)8-3-2-4-10(13)12(8)15/h2-6H,1H3. The van der Waals surface area contributed by atoms with Gasteiger partial charge in [-0.3, -0.25) is 9.36 Å². The van der Waals surface area contributed by atoms with Crippen molar-refractivity contribution in [2.45, 2.75) is 6.92 Å². The molecule has 1 aromatic heterocycles. The molecule has 0 saturated heterocycles. The second-order valence-corrected chi connectivity index (χ2v) is 4.74. The fourth-order valence-electron chi connectivity index (χ4n) is 1.52. The Morgan fingerprint density at radius 2 is 1.76 bits per heavy atom. The number of nitrogens with zero attached hydrogens (tertiary/aromatic N) is 1. The average molecular weight is 289 g/mol. The molecule has 17 heavy (non-hydrogen) atoms. The molecule has 0 aliphatic carbocycles. The molecule has 1 heterocycles. The van der Waals surface area contributed by atoms with Crippen LogP contribution in [0.3, 0.4) is 0 Å². The van der Waals surface area contributed by atoms with Crippen molar-refractivity contribution < 1.29 is 4.79 Å². The Bertz CT molecular complexity index is 589. The van der Waals surface area contributed by atoms with Gasteiger partial charge in [0.05, 0.1) is 15.1 Å².